The SMILES string of the molecule is CC(NC(=O)C(C)(C)C)C(=O)NCC(c1cccc(F)c1)N(C)C. The number of likely N-dealkylation sites (N-methyl/N-ethyl adjacent to an activating group) is 1. The summed E-state index contributed by atoms with van der Waals surface area (Å²) < 4.78 is 13.4. The van der Waals surface area contributed by atoms with Crippen LogP contribution in [0.15, 0.2) is 24.3 Å². The van der Waals surface area contributed by atoms with E-state index in [2.05, 4.69) is 10.6 Å². The van der Waals surface area contributed by atoms with Crippen LogP contribution in [-0.4, -0.2) is 43.4 Å². The molecule has 0 aliphatic rings. The van der Waals surface area contributed by atoms with Gasteiger partial charge in [-0.05, 0) is 38.7 Å². The normalized spacial score (nSPS) is 14.2. The quantitative estimate of drug-likeness (QED) is 0.836. The van der Waals surface area contributed by atoms with Crippen LogP contribution in [0.2, 0.25) is 0 Å². The number of halogens is 1. The van der Waals surface area contributed by atoms with Crippen molar-refractivity contribution >= 4 is 11.8 Å². The highest BCUT2D eigenvalue weighted by Crippen LogP contribution is 2.18. The van der Waals surface area contributed by atoms with Gasteiger partial charge in [0.05, 0.1) is 6.04 Å². The van der Waals surface area contributed by atoms with Crippen LogP contribution in [0.3, 0.4) is 0 Å². The summed E-state index contributed by atoms with van der Waals surface area (Å²) >= 11 is 0. The molecule has 0 heterocycles. The molecule has 2 unspecified atom stereocenters. The molecule has 0 spiro atoms. The van der Waals surface area contributed by atoms with Crippen LogP contribution >= 0.6 is 0 Å². The Balaban J connectivity index is 2.67. The van der Waals surface area contributed by atoms with Crippen molar-refractivity contribution < 1.29 is 14.0 Å². The number of nitrogens with zero attached hydrogens (tertiary/aromatic N) is 1. The van der Waals surface area contributed by atoms with Gasteiger partial charge in [0.15, 0.2) is 0 Å². The summed E-state index contributed by atoms with van der Waals surface area (Å²) in [5.41, 5.74) is 0.231. The van der Waals surface area contributed by atoms with Gasteiger partial charge < -0.3 is 15.5 Å². The Morgan fingerprint density at radius 1 is 1.25 bits per heavy atom. The lowest BCUT2D eigenvalue weighted by Gasteiger charge is -2.26. The Bertz CT molecular complexity index is 582. The van der Waals surface area contributed by atoms with Gasteiger partial charge in [0.25, 0.3) is 0 Å². The fourth-order valence-corrected chi connectivity index (χ4v) is 2.14. The average Bonchev–Trinajstić information content (AvgIpc) is 2.45. The second kappa shape index (κ2) is 8.24. The van der Waals surface area contributed by atoms with Gasteiger partial charge in [0.2, 0.25) is 11.8 Å². The maximum Gasteiger partial charge on any atom is 0.242 e. The molecule has 1 aromatic carbocycles. The number of nitrogens with one attached hydrogen (secondary N) is 2. The van der Waals surface area contributed by atoms with E-state index in [1.807, 2.05) is 25.1 Å². The van der Waals surface area contributed by atoms with Gasteiger partial charge in [-0.25, -0.2) is 4.39 Å². The maximum atomic E-state index is 13.4. The van der Waals surface area contributed by atoms with E-state index >= 15 is 0 Å². The standard InChI is InChI=1S/C18H28FN3O2/c1-12(21-17(24)18(2,3)4)16(23)20-11-15(22(5)6)13-8-7-9-14(19)10-13/h7-10,12,15H,11H2,1-6H3,(H,20,23)(H,21,24). The lowest BCUT2D eigenvalue weighted by molar-refractivity contribution is -0.133. The number of carbonyl (C=O) groups excluding carboxylic acids is 2. The molecule has 134 valence electrons. The van der Waals surface area contributed by atoms with Gasteiger partial charge >= 0.3 is 0 Å². The van der Waals surface area contributed by atoms with Crippen LogP contribution in [0.4, 0.5) is 4.39 Å². The van der Waals surface area contributed by atoms with E-state index in [1.54, 1.807) is 33.8 Å². The Morgan fingerprint density at radius 2 is 1.88 bits per heavy atom. The summed E-state index contributed by atoms with van der Waals surface area (Å²) in [5, 5.41) is 5.52. The zero-order valence-corrected chi connectivity index (χ0v) is 15.3. The van der Waals surface area contributed by atoms with Crippen molar-refractivity contribution in [2.75, 3.05) is 20.6 Å². The first-order valence-electron chi connectivity index (χ1n) is 8.03. The summed E-state index contributed by atoms with van der Waals surface area (Å²) in [5.74, 6) is -0.758. The van der Waals surface area contributed by atoms with E-state index in [0.29, 0.717) is 6.54 Å². The van der Waals surface area contributed by atoms with Crippen molar-refractivity contribution in [3.05, 3.63) is 35.6 Å². The molecule has 0 aromatic heterocycles. The zero-order valence-electron chi connectivity index (χ0n) is 15.3. The van der Waals surface area contributed by atoms with Gasteiger partial charge in [-0.1, -0.05) is 32.9 Å². The largest absolute Gasteiger partial charge is 0.352 e. The predicted molar refractivity (Wildman–Crippen MR) is 92.9 cm³/mol. The molecule has 2 N–H and O–H groups in total. The molecule has 0 fully saturated rings. The van der Waals surface area contributed by atoms with E-state index in [1.165, 1.54) is 12.1 Å². The minimum absolute atomic E-state index is 0.157. The smallest absolute Gasteiger partial charge is 0.242 e. The third-order valence-corrected chi connectivity index (χ3v) is 3.75. The lowest BCUT2D eigenvalue weighted by Crippen LogP contribution is -2.49. The molecular weight excluding hydrogens is 309 g/mol. The van der Waals surface area contributed by atoms with Crippen molar-refractivity contribution in [1.29, 1.82) is 0 Å². The van der Waals surface area contributed by atoms with Crippen molar-refractivity contribution in [2.45, 2.75) is 39.8 Å². The molecule has 5 nitrogen and oxygen atoms in total. The van der Waals surface area contributed by atoms with Crippen molar-refractivity contribution in [1.82, 2.24) is 15.5 Å². The highest BCUT2D eigenvalue weighted by molar-refractivity contribution is 5.89. The topological polar surface area (TPSA) is 61.4 Å². The van der Waals surface area contributed by atoms with E-state index in [9.17, 15) is 14.0 Å². The van der Waals surface area contributed by atoms with Crippen LogP contribution in [0.5, 0.6) is 0 Å². The van der Waals surface area contributed by atoms with E-state index < -0.39 is 11.5 Å². The molecule has 24 heavy (non-hydrogen) atoms. The van der Waals surface area contributed by atoms with E-state index in [-0.39, 0.29) is 23.7 Å². The minimum atomic E-state index is -0.632. The van der Waals surface area contributed by atoms with Gasteiger partial charge in [0.1, 0.15) is 11.9 Å². The average molecular weight is 337 g/mol. The van der Waals surface area contributed by atoms with Gasteiger partial charge in [0, 0.05) is 12.0 Å². The fourth-order valence-electron chi connectivity index (χ4n) is 2.14. The number of hydrogen-bond acceptors (Lipinski definition) is 3. The fraction of sp³-hybridized carbons (Fsp3) is 0.556. The zero-order chi connectivity index (χ0) is 18.5. The van der Waals surface area contributed by atoms with Crippen molar-refractivity contribution in [3.8, 4) is 0 Å². The van der Waals surface area contributed by atoms with Gasteiger partial charge in [-0.2, -0.15) is 0 Å². The summed E-state index contributed by atoms with van der Waals surface area (Å²) in [6.45, 7) is 7.34. The Labute approximate surface area is 143 Å². The molecule has 0 saturated heterocycles. The number of benzene rings is 1. The highest BCUT2D eigenvalue weighted by atomic mass is 19.1. The molecule has 0 aliphatic carbocycles. The molecule has 0 saturated carbocycles. The summed E-state index contributed by atoms with van der Waals surface area (Å²) in [4.78, 5) is 26.1. The highest BCUT2D eigenvalue weighted by Gasteiger charge is 2.25. The summed E-state index contributed by atoms with van der Waals surface area (Å²) in [7, 11) is 3.74. The number of hydrogen-bond donors (Lipinski definition) is 2. The number of amides is 2. The van der Waals surface area contributed by atoms with Gasteiger partial charge in [-0.3, -0.25) is 9.59 Å². The first kappa shape index (κ1) is 20.1. The second-order valence-electron chi connectivity index (χ2n) is 7.22. The molecular formula is C18H28FN3O2. The molecule has 6 heteroatoms. The molecule has 2 atom stereocenters. The Hall–Kier alpha value is -1.95. The first-order chi connectivity index (χ1) is 11.0. The van der Waals surface area contributed by atoms with Crippen LogP contribution < -0.4 is 10.6 Å². The minimum Gasteiger partial charge on any atom is -0.352 e. The van der Waals surface area contributed by atoms with Crippen LogP contribution in [0.25, 0.3) is 0 Å². The van der Waals surface area contributed by atoms with Crippen molar-refractivity contribution in [3.63, 3.8) is 0 Å². The third-order valence-electron chi connectivity index (χ3n) is 3.75. The van der Waals surface area contributed by atoms with Crippen LogP contribution in [0.1, 0.15) is 39.3 Å². The summed E-state index contributed by atoms with van der Waals surface area (Å²) in [6, 6.07) is 5.53. The molecule has 0 bridgehead atoms. The monoisotopic (exact) mass is 337 g/mol. The van der Waals surface area contributed by atoms with E-state index in [0.717, 1.165) is 5.56 Å². The first-order valence-corrected chi connectivity index (χ1v) is 8.03. The summed E-state index contributed by atoms with van der Waals surface area (Å²) in [6.07, 6.45) is 0. The lowest BCUT2D eigenvalue weighted by atomic mass is 9.95. The van der Waals surface area contributed by atoms with Crippen LogP contribution in [-0.2, 0) is 9.59 Å². The van der Waals surface area contributed by atoms with Crippen LogP contribution in [0, 0.1) is 11.2 Å². The van der Waals surface area contributed by atoms with Gasteiger partial charge in [-0.15, -0.1) is 0 Å². The van der Waals surface area contributed by atoms with E-state index in [4.69, 9.17) is 0 Å². The molecule has 1 rings (SSSR count). The molecule has 1 aromatic rings. The molecule has 0 aliphatic heterocycles. The Morgan fingerprint density at radius 3 is 2.38 bits per heavy atom. The third kappa shape index (κ3) is 5.92. The Kier molecular flexibility index (Phi) is 6.90. The molecule has 0 radical (unpaired) electrons. The molecule has 2 amide bonds. The predicted octanol–water partition coefficient (Wildman–Crippen LogP) is 2.10. The number of rotatable bonds is 6. The maximum absolute atomic E-state index is 13.4. The second-order valence-corrected chi connectivity index (χ2v) is 7.22. The van der Waals surface area contributed by atoms with Crippen molar-refractivity contribution in [2.24, 2.45) is 5.41 Å². The number of carbonyl (C=O) groups is 2.